The zero-order valence-electron chi connectivity index (χ0n) is 30.9. The molecule has 1 amide bonds. The van der Waals surface area contributed by atoms with Crippen LogP contribution in [0.25, 0.3) is 0 Å². The van der Waals surface area contributed by atoms with Gasteiger partial charge >= 0.3 is 11.9 Å². The zero-order chi connectivity index (χ0) is 35.3. The van der Waals surface area contributed by atoms with Crippen molar-refractivity contribution >= 4 is 28.9 Å². The average molecular weight is 694 g/mol. The van der Waals surface area contributed by atoms with Crippen LogP contribution in [0.4, 0.5) is 4.79 Å². The Labute approximate surface area is 298 Å². The van der Waals surface area contributed by atoms with E-state index in [1.807, 2.05) is 6.08 Å². The lowest BCUT2D eigenvalue weighted by molar-refractivity contribution is -0.150. The van der Waals surface area contributed by atoms with Gasteiger partial charge in [0, 0.05) is 50.6 Å². The minimum atomic E-state index is -0.254. The van der Waals surface area contributed by atoms with Crippen LogP contribution in [0.3, 0.4) is 0 Å². The maximum Gasteiger partial charge on any atom is 0.306 e. The summed E-state index contributed by atoms with van der Waals surface area (Å²) in [5.74, 6) is 0.240. The third-order valence-electron chi connectivity index (χ3n) is 8.07. The van der Waals surface area contributed by atoms with Gasteiger partial charge in [0.25, 0.3) is 5.24 Å². The summed E-state index contributed by atoms with van der Waals surface area (Å²) in [4.78, 5) is 40.1. The molecule has 48 heavy (non-hydrogen) atoms. The summed E-state index contributed by atoms with van der Waals surface area (Å²) < 4.78 is 11.3. The van der Waals surface area contributed by atoms with E-state index in [0.717, 1.165) is 64.3 Å². The van der Waals surface area contributed by atoms with E-state index in [0.29, 0.717) is 31.7 Å². The normalized spacial score (nSPS) is 12.2. The highest BCUT2D eigenvalue weighted by Gasteiger charge is 2.18. The minimum Gasteiger partial charge on any atom is -0.462 e. The Kier molecular flexibility index (Phi) is 34.1. The molecule has 0 spiro atoms. The molecule has 0 bridgehead atoms. The van der Waals surface area contributed by atoms with Gasteiger partial charge in [-0.2, -0.15) is 0 Å². The topological polar surface area (TPSA) is 111 Å². The second-order valence-corrected chi connectivity index (χ2v) is 13.5. The van der Waals surface area contributed by atoms with E-state index in [1.165, 1.54) is 69.3 Å². The van der Waals surface area contributed by atoms with Crippen LogP contribution in [0, 0.1) is 0 Å². The van der Waals surface area contributed by atoms with Crippen LogP contribution in [-0.4, -0.2) is 60.2 Å². The lowest BCUT2D eigenvalue weighted by atomic mass is 10.0. The summed E-state index contributed by atoms with van der Waals surface area (Å²) in [5, 5.41) is 3.05. The fraction of sp³-hybridized carbons (Fsp3) is 0.769. The first-order valence-electron chi connectivity index (χ1n) is 19.1. The van der Waals surface area contributed by atoms with Crippen LogP contribution in [0.1, 0.15) is 156 Å². The molecule has 3 N–H and O–H groups in total. The van der Waals surface area contributed by atoms with Crippen molar-refractivity contribution in [3.63, 3.8) is 0 Å². The number of esters is 2. The number of nitrogens with one attached hydrogen (secondary N) is 1. The molecule has 0 rings (SSSR count). The molecule has 278 valence electrons. The Morgan fingerprint density at radius 3 is 2.00 bits per heavy atom. The molecule has 1 atom stereocenters. The summed E-state index contributed by atoms with van der Waals surface area (Å²) in [5.41, 5.74) is 5.35. The van der Waals surface area contributed by atoms with E-state index in [1.54, 1.807) is 11.1 Å². The monoisotopic (exact) mass is 694 g/mol. The van der Waals surface area contributed by atoms with Gasteiger partial charge in [0.15, 0.2) is 0 Å². The lowest BCUT2D eigenvalue weighted by Gasteiger charge is -2.22. The number of amides is 1. The van der Waals surface area contributed by atoms with Crippen LogP contribution in [0.2, 0.25) is 0 Å². The third-order valence-corrected chi connectivity index (χ3v) is 9.07. The van der Waals surface area contributed by atoms with Crippen molar-refractivity contribution in [2.45, 2.75) is 162 Å². The fourth-order valence-electron chi connectivity index (χ4n) is 5.25. The number of unbranched alkanes of at least 4 members (excludes halogenated alkanes) is 11. The highest BCUT2D eigenvalue weighted by Crippen LogP contribution is 2.18. The number of thioether (sulfide) groups is 1. The van der Waals surface area contributed by atoms with Gasteiger partial charge in [0.1, 0.15) is 12.7 Å². The molecular formula is C39H71N3O5S. The number of allylic oxidation sites excluding steroid dienone is 3. The van der Waals surface area contributed by atoms with Crippen molar-refractivity contribution in [2.75, 3.05) is 32.0 Å². The summed E-state index contributed by atoms with van der Waals surface area (Å²) >= 11 is 1.27. The van der Waals surface area contributed by atoms with Crippen LogP contribution in [0.5, 0.6) is 0 Å². The lowest BCUT2D eigenvalue weighted by Crippen LogP contribution is -2.31. The van der Waals surface area contributed by atoms with Gasteiger partial charge in [-0.1, -0.05) is 101 Å². The maximum atomic E-state index is 13.1. The summed E-state index contributed by atoms with van der Waals surface area (Å²) in [6.07, 6.45) is 32.0. The Balaban J connectivity index is 4.82. The molecule has 0 aromatic rings. The molecule has 9 heteroatoms. The van der Waals surface area contributed by atoms with Crippen molar-refractivity contribution in [2.24, 2.45) is 5.73 Å². The molecule has 0 saturated heterocycles. The molecule has 0 aromatic carbocycles. The van der Waals surface area contributed by atoms with Gasteiger partial charge in [0.05, 0.1) is 0 Å². The fourth-order valence-corrected chi connectivity index (χ4v) is 6.08. The zero-order valence-corrected chi connectivity index (χ0v) is 31.7. The smallest absolute Gasteiger partial charge is 0.306 e. The quantitative estimate of drug-likeness (QED) is 0.0397. The minimum absolute atomic E-state index is 0.0278. The molecule has 0 saturated carbocycles. The Morgan fingerprint density at radius 1 is 0.750 bits per heavy atom. The SMILES string of the molecule is C/C=C/CCCCCC(CCCCCCC)OC(=O)CCCN(CCCC(=O)OC/C=C\CCCCCC)C(=O)SCCCN/C=C\N. The summed E-state index contributed by atoms with van der Waals surface area (Å²) in [6, 6.07) is 0. The molecule has 0 aliphatic heterocycles. The number of nitrogens with two attached hydrogens (primary N) is 1. The molecular weight excluding hydrogens is 623 g/mol. The van der Waals surface area contributed by atoms with Crippen LogP contribution in [-0.2, 0) is 19.1 Å². The van der Waals surface area contributed by atoms with E-state index in [4.69, 9.17) is 15.2 Å². The summed E-state index contributed by atoms with van der Waals surface area (Å²) in [7, 11) is 0. The Bertz CT molecular complexity index is 865. The van der Waals surface area contributed by atoms with E-state index in [-0.39, 0.29) is 42.7 Å². The molecule has 1 unspecified atom stereocenters. The van der Waals surface area contributed by atoms with Gasteiger partial charge in [0.2, 0.25) is 0 Å². The first-order valence-corrected chi connectivity index (χ1v) is 20.1. The van der Waals surface area contributed by atoms with Crippen molar-refractivity contribution in [1.29, 1.82) is 0 Å². The third kappa shape index (κ3) is 30.9. The molecule has 0 aromatic heterocycles. The molecule has 0 heterocycles. The molecule has 0 aliphatic rings. The first-order chi connectivity index (χ1) is 23.5. The van der Waals surface area contributed by atoms with Gasteiger partial charge in [-0.3, -0.25) is 14.4 Å². The second-order valence-electron chi connectivity index (χ2n) is 12.5. The van der Waals surface area contributed by atoms with Crippen LogP contribution >= 0.6 is 11.8 Å². The highest BCUT2D eigenvalue weighted by atomic mass is 32.2. The number of hydrogen-bond donors (Lipinski definition) is 2. The van der Waals surface area contributed by atoms with E-state index >= 15 is 0 Å². The predicted molar refractivity (Wildman–Crippen MR) is 204 cm³/mol. The van der Waals surface area contributed by atoms with E-state index < -0.39 is 0 Å². The number of nitrogens with zero attached hydrogens (tertiary/aromatic N) is 1. The van der Waals surface area contributed by atoms with Gasteiger partial charge in [-0.15, -0.1) is 0 Å². The highest BCUT2D eigenvalue weighted by molar-refractivity contribution is 8.13. The molecule has 8 nitrogen and oxygen atoms in total. The molecule has 0 fully saturated rings. The van der Waals surface area contributed by atoms with Crippen molar-refractivity contribution in [3.05, 3.63) is 36.7 Å². The van der Waals surface area contributed by atoms with Crippen LogP contribution in [0.15, 0.2) is 36.7 Å². The molecule has 0 aliphatic carbocycles. The number of ether oxygens (including phenoxy) is 2. The Morgan fingerprint density at radius 2 is 1.35 bits per heavy atom. The van der Waals surface area contributed by atoms with Crippen molar-refractivity contribution in [3.8, 4) is 0 Å². The van der Waals surface area contributed by atoms with Crippen LogP contribution < -0.4 is 11.1 Å². The van der Waals surface area contributed by atoms with E-state index in [9.17, 15) is 14.4 Å². The first kappa shape index (κ1) is 45.6. The number of rotatable bonds is 33. The predicted octanol–water partition coefficient (Wildman–Crippen LogP) is 9.98. The van der Waals surface area contributed by atoms with E-state index in [2.05, 4.69) is 44.3 Å². The number of hydrogen-bond acceptors (Lipinski definition) is 8. The molecule has 0 radical (unpaired) electrons. The largest absolute Gasteiger partial charge is 0.462 e. The summed E-state index contributed by atoms with van der Waals surface area (Å²) in [6.45, 7) is 8.39. The van der Waals surface area contributed by atoms with Gasteiger partial charge in [-0.25, -0.2) is 0 Å². The average Bonchev–Trinajstić information content (AvgIpc) is 3.08. The second kappa shape index (κ2) is 35.9. The number of carbonyl (C=O) groups is 3. The Hall–Kier alpha value is -2.42. The maximum absolute atomic E-state index is 13.1. The van der Waals surface area contributed by atoms with Gasteiger partial charge < -0.3 is 25.4 Å². The number of carbonyl (C=O) groups excluding carboxylic acids is 3. The van der Waals surface area contributed by atoms with Crippen molar-refractivity contribution in [1.82, 2.24) is 10.2 Å². The van der Waals surface area contributed by atoms with Gasteiger partial charge in [-0.05, 0) is 77.6 Å². The standard InChI is InChI=1S/C39H71N3O5S/c1-4-7-10-13-15-18-21-34-46-37(43)27-22-32-42(39(45)48-35-24-30-41-31-29-40)33-23-28-38(44)47-36(25-19-16-12-9-6-3)26-20-17-14-11-8-5-2/h5,8,18,21,29,31,36,41H,4,6-7,9-17,19-20,22-28,30,32-35,40H2,1-3H3/b8-5+,21-18-,31-29-. The van der Waals surface area contributed by atoms with Crippen molar-refractivity contribution < 1.29 is 23.9 Å².